The number of carbonyl (C=O) groups excluding carboxylic acids is 2. The van der Waals surface area contributed by atoms with Crippen LogP contribution >= 0.6 is 0 Å². The second-order valence-corrected chi connectivity index (χ2v) is 6.54. The standard InChI is InChI=1S/C21H22N4O4/c26-19(23-11-14-6-2-1-3-7-14)13-24-21(29)25-18(20(27)28)10-15-12-22-17-9-5-4-8-16(15)17/h1-9,12,18,22H,10-11,13H2,(H,23,26)(H,27,28)(H2,24,25,29)/t18-/m1/s1. The highest BCUT2D eigenvalue weighted by Crippen LogP contribution is 2.19. The number of amides is 3. The SMILES string of the molecule is O=C(CNC(=O)N[C@H](Cc1c[nH]c2ccccc12)C(=O)O)NCc1ccccc1. The number of para-hydroxylation sites is 1. The van der Waals surface area contributed by atoms with Crippen LogP contribution in [0.1, 0.15) is 11.1 Å². The van der Waals surface area contributed by atoms with Gasteiger partial charge < -0.3 is 26.0 Å². The zero-order chi connectivity index (χ0) is 20.6. The molecule has 1 atom stereocenters. The number of benzene rings is 2. The summed E-state index contributed by atoms with van der Waals surface area (Å²) in [6.07, 6.45) is 1.85. The van der Waals surface area contributed by atoms with Crippen LogP contribution in [0, 0.1) is 0 Å². The van der Waals surface area contributed by atoms with Crippen LogP contribution in [0.3, 0.4) is 0 Å². The van der Waals surface area contributed by atoms with E-state index in [4.69, 9.17) is 0 Å². The van der Waals surface area contributed by atoms with Crippen LogP contribution in [-0.4, -0.2) is 40.6 Å². The summed E-state index contributed by atoms with van der Waals surface area (Å²) in [5.74, 6) is -1.52. The lowest BCUT2D eigenvalue weighted by molar-refractivity contribution is -0.139. The maximum atomic E-state index is 12.1. The second kappa shape index (κ2) is 9.41. The zero-order valence-corrected chi connectivity index (χ0v) is 15.6. The molecule has 2 aromatic carbocycles. The zero-order valence-electron chi connectivity index (χ0n) is 15.6. The van der Waals surface area contributed by atoms with Gasteiger partial charge in [-0.05, 0) is 17.2 Å². The molecule has 3 aromatic rings. The van der Waals surface area contributed by atoms with E-state index in [0.717, 1.165) is 22.0 Å². The van der Waals surface area contributed by atoms with Gasteiger partial charge in [0.25, 0.3) is 0 Å². The van der Waals surface area contributed by atoms with Crippen molar-refractivity contribution in [3.8, 4) is 0 Å². The molecule has 0 aliphatic heterocycles. The molecule has 1 heterocycles. The summed E-state index contributed by atoms with van der Waals surface area (Å²) in [5.41, 5.74) is 2.62. The predicted molar refractivity (Wildman–Crippen MR) is 108 cm³/mol. The number of urea groups is 1. The topological polar surface area (TPSA) is 123 Å². The lowest BCUT2D eigenvalue weighted by Gasteiger charge is -2.15. The molecular formula is C21H22N4O4. The highest BCUT2D eigenvalue weighted by Gasteiger charge is 2.22. The lowest BCUT2D eigenvalue weighted by Crippen LogP contribution is -2.49. The van der Waals surface area contributed by atoms with Gasteiger partial charge in [-0.2, -0.15) is 0 Å². The van der Waals surface area contributed by atoms with E-state index in [1.54, 1.807) is 6.20 Å². The fourth-order valence-corrected chi connectivity index (χ4v) is 2.95. The first-order chi connectivity index (χ1) is 14.0. The van der Waals surface area contributed by atoms with Crippen molar-refractivity contribution in [3.05, 3.63) is 71.9 Å². The van der Waals surface area contributed by atoms with Crippen molar-refractivity contribution < 1.29 is 19.5 Å². The molecule has 0 fully saturated rings. The van der Waals surface area contributed by atoms with Crippen LogP contribution < -0.4 is 16.0 Å². The maximum Gasteiger partial charge on any atom is 0.326 e. The van der Waals surface area contributed by atoms with Crippen molar-refractivity contribution in [2.45, 2.75) is 19.0 Å². The number of hydrogen-bond acceptors (Lipinski definition) is 3. The number of aliphatic carboxylic acids is 1. The summed E-state index contributed by atoms with van der Waals surface area (Å²) >= 11 is 0. The molecular weight excluding hydrogens is 372 g/mol. The van der Waals surface area contributed by atoms with Gasteiger partial charge in [0.15, 0.2) is 0 Å². The fraction of sp³-hybridized carbons (Fsp3) is 0.190. The van der Waals surface area contributed by atoms with Gasteiger partial charge in [-0.15, -0.1) is 0 Å². The van der Waals surface area contributed by atoms with Crippen LogP contribution in [-0.2, 0) is 22.6 Å². The molecule has 0 aliphatic rings. The molecule has 0 unspecified atom stereocenters. The van der Waals surface area contributed by atoms with E-state index in [0.29, 0.717) is 6.54 Å². The third-order valence-corrected chi connectivity index (χ3v) is 4.44. The summed E-state index contributed by atoms with van der Waals surface area (Å²) in [6, 6.07) is 15.1. The average molecular weight is 394 g/mol. The summed E-state index contributed by atoms with van der Waals surface area (Å²) < 4.78 is 0. The smallest absolute Gasteiger partial charge is 0.326 e. The Morgan fingerprint density at radius 3 is 2.45 bits per heavy atom. The number of aromatic nitrogens is 1. The van der Waals surface area contributed by atoms with Crippen LogP contribution in [0.15, 0.2) is 60.8 Å². The number of nitrogens with one attached hydrogen (secondary N) is 4. The molecule has 0 bridgehead atoms. The van der Waals surface area contributed by atoms with Gasteiger partial charge in [0.1, 0.15) is 6.04 Å². The Bertz CT molecular complexity index is 1000. The van der Waals surface area contributed by atoms with Crippen molar-refractivity contribution >= 4 is 28.8 Å². The third-order valence-electron chi connectivity index (χ3n) is 4.44. The molecule has 0 aliphatic carbocycles. The van der Waals surface area contributed by atoms with Crippen molar-refractivity contribution in [3.63, 3.8) is 0 Å². The van der Waals surface area contributed by atoms with Gasteiger partial charge >= 0.3 is 12.0 Å². The normalized spacial score (nSPS) is 11.6. The third kappa shape index (κ3) is 5.58. The van der Waals surface area contributed by atoms with Gasteiger partial charge in [-0.25, -0.2) is 9.59 Å². The summed E-state index contributed by atoms with van der Waals surface area (Å²) in [5, 5.41) is 17.8. The van der Waals surface area contributed by atoms with Gasteiger partial charge in [-0.3, -0.25) is 4.79 Å². The van der Waals surface area contributed by atoms with Crippen LogP contribution in [0.2, 0.25) is 0 Å². The molecule has 150 valence electrons. The van der Waals surface area contributed by atoms with Crippen LogP contribution in [0.25, 0.3) is 10.9 Å². The molecule has 0 radical (unpaired) electrons. The lowest BCUT2D eigenvalue weighted by atomic mass is 10.1. The fourth-order valence-electron chi connectivity index (χ4n) is 2.95. The van der Waals surface area contributed by atoms with Gasteiger partial charge in [0.2, 0.25) is 5.91 Å². The number of rotatable bonds is 8. The first-order valence-electron chi connectivity index (χ1n) is 9.15. The minimum atomic E-state index is -1.15. The minimum Gasteiger partial charge on any atom is -0.480 e. The number of aromatic amines is 1. The summed E-state index contributed by atoms with van der Waals surface area (Å²) in [6.45, 7) is 0.0966. The first-order valence-corrected chi connectivity index (χ1v) is 9.15. The Balaban J connectivity index is 1.49. The maximum absolute atomic E-state index is 12.1. The van der Waals surface area contributed by atoms with Crippen LogP contribution in [0.4, 0.5) is 4.79 Å². The first kappa shape index (κ1) is 19.9. The highest BCUT2D eigenvalue weighted by atomic mass is 16.4. The monoisotopic (exact) mass is 394 g/mol. The van der Waals surface area contributed by atoms with E-state index in [-0.39, 0.29) is 18.9 Å². The number of H-pyrrole nitrogens is 1. The molecule has 0 saturated heterocycles. The number of fused-ring (bicyclic) bond motifs is 1. The minimum absolute atomic E-state index is 0.118. The molecule has 3 amide bonds. The molecule has 0 spiro atoms. The van der Waals surface area contributed by atoms with Crippen molar-refractivity contribution in [1.82, 2.24) is 20.9 Å². The number of hydrogen-bond donors (Lipinski definition) is 5. The van der Waals surface area contributed by atoms with Gasteiger partial charge in [0, 0.05) is 30.1 Å². The number of carbonyl (C=O) groups is 3. The molecule has 1 aromatic heterocycles. The van der Waals surface area contributed by atoms with Crippen molar-refractivity contribution in [2.24, 2.45) is 0 Å². The molecule has 3 rings (SSSR count). The Labute approximate surface area is 167 Å². The van der Waals surface area contributed by atoms with Crippen molar-refractivity contribution in [1.29, 1.82) is 0 Å². The van der Waals surface area contributed by atoms with Crippen LogP contribution in [0.5, 0.6) is 0 Å². The Morgan fingerprint density at radius 2 is 1.69 bits per heavy atom. The Kier molecular flexibility index (Phi) is 6.47. The Morgan fingerprint density at radius 1 is 0.966 bits per heavy atom. The van der Waals surface area contributed by atoms with Crippen molar-refractivity contribution in [2.75, 3.05) is 6.54 Å². The van der Waals surface area contributed by atoms with Gasteiger partial charge in [-0.1, -0.05) is 48.5 Å². The van der Waals surface area contributed by atoms with E-state index < -0.39 is 18.0 Å². The van der Waals surface area contributed by atoms with E-state index in [9.17, 15) is 19.5 Å². The second-order valence-electron chi connectivity index (χ2n) is 6.54. The van der Waals surface area contributed by atoms with E-state index >= 15 is 0 Å². The quantitative estimate of drug-likeness (QED) is 0.399. The molecule has 5 N–H and O–H groups in total. The largest absolute Gasteiger partial charge is 0.480 e. The molecule has 0 saturated carbocycles. The number of carboxylic acid groups (broad SMARTS) is 1. The highest BCUT2D eigenvalue weighted by molar-refractivity contribution is 5.88. The average Bonchev–Trinajstić information content (AvgIpc) is 3.14. The Hall–Kier alpha value is -3.81. The molecule has 8 heteroatoms. The van der Waals surface area contributed by atoms with E-state index in [2.05, 4.69) is 20.9 Å². The van der Waals surface area contributed by atoms with Gasteiger partial charge in [0.05, 0.1) is 6.54 Å². The number of carboxylic acids is 1. The van der Waals surface area contributed by atoms with E-state index in [1.165, 1.54) is 0 Å². The van der Waals surface area contributed by atoms with E-state index in [1.807, 2.05) is 54.6 Å². The predicted octanol–water partition coefficient (Wildman–Crippen LogP) is 1.78. The molecule has 29 heavy (non-hydrogen) atoms. The summed E-state index contributed by atoms with van der Waals surface area (Å²) in [4.78, 5) is 38.6. The summed E-state index contributed by atoms with van der Waals surface area (Å²) in [7, 11) is 0. The molecule has 8 nitrogen and oxygen atoms in total.